The zero-order valence-corrected chi connectivity index (χ0v) is 15.5. The van der Waals surface area contributed by atoms with Crippen molar-refractivity contribution in [2.24, 2.45) is 0 Å². The van der Waals surface area contributed by atoms with E-state index >= 15 is 0 Å². The summed E-state index contributed by atoms with van der Waals surface area (Å²) in [4.78, 5) is 14.1. The van der Waals surface area contributed by atoms with E-state index in [0.717, 1.165) is 38.9 Å². The molecule has 0 bridgehead atoms. The highest BCUT2D eigenvalue weighted by atomic mass is 16.2. The summed E-state index contributed by atoms with van der Waals surface area (Å²) in [5, 5.41) is 6.10. The van der Waals surface area contributed by atoms with Crippen LogP contribution in [-0.2, 0) is 0 Å². The number of rotatable bonds is 12. The van der Waals surface area contributed by atoms with Gasteiger partial charge in [-0.15, -0.1) is 0 Å². The van der Waals surface area contributed by atoms with Gasteiger partial charge in [-0.1, -0.05) is 64.7 Å². The van der Waals surface area contributed by atoms with Gasteiger partial charge < -0.3 is 15.5 Å². The second-order valence-electron chi connectivity index (χ2n) is 7.16. The third-order valence-electron chi connectivity index (χ3n) is 4.87. The van der Waals surface area contributed by atoms with Crippen LogP contribution < -0.4 is 10.6 Å². The summed E-state index contributed by atoms with van der Waals surface area (Å²) in [6.45, 7) is 5.25. The SMILES string of the molecule is CCCCCCCCCCCCNC(=O)NC1CCN(C)CC1. The largest absolute Gasteiger partial charge is 0.338 e. The van der Waals surface area contributed by atoms with E-state index in [-0.39, 0.29) is 6.03 Å². The lowest BCUT2D eigenvalue weighted by molar-refractivity contribution is 0.214. The predicted molar refractivity (Wildman–Crippen MR) is 98.9 cm³/mol. The van der Waals surface area contributed by atoms with Gasteiger partial charge in [0.15, 0.2) is 0 Å². The molecule has 0 aromatic heterocycles. The topological polar surface area (TPSA) is 44.4 Å². The van der Waals surface area contributed by atoms with E-state index in [1.54, 1.807) is 0 Å². The number of nitrogens with one attached hydrogen (secondary N) is 2. The Bertz CT molecular complexity index is 288. The maximum absolute atomic E-state index is 11.8. The van der Waals surface area contributed by atoms with E-state index in [2.05, 4.69) is 29.5 Å². The molecule has 1 fully saturated rings. The molecule has 0 aromatic rings. The summed E-state index contributed by atoms with van der Waals surface area (Å²) >= 11 is 0. The first-order chi connectivity index (χ1) is 11.2. The molecule has 1 rings (SSSR count). The number of amides is 2. The van der Waals surface area contributed by atoms with Crippen molar-refractivity contribution in [2.45, 2.75) is 90.0 Å². The van der Waals surface area contributed by atoms with Gasteiger partial charge in [-0.05, 0) is 39.4 Å². The zero-order valence-electron chi connectivity index (χ0n) is 15.5. The lowest BCUT2D eigenvalue weighted by Crippen LogP contribution is -2.47. The van der Waals surface area contributed by atoms with Crippen molar-refractivity contribution < 1.29 is 4.79 Å². The highest BCUT2D eigenvalue weighted by Gasteiger charge is 2.17. The summed E-state index contributed by atoms with van der Waals surface area (Å²) in [6, 6.07) is 0.384. The second-order valence-corrected chi connectivity index (χ2v) is 7.16. The first kappa shape index (κ1) is 20.3. The number of carbonyl (C=O) groups is 1. The van der Waals surface area contributed by atoms with Crippen LogP contribution in [0.3, 0.4) is 0 Å². The normalized spacial score (nSPS) is 16.4. The fourth-order valence-electron chi connectivity index (χ4n) is 3.20. The molecule has 0 aliphatic carbocycles. The van der Waals surface area contributed by atoms with Crippen LogP contribution >= 0.6 is 0 Å². The molecule has 0 spiro atoms. The Labute approximate surface area is 143 Å². The zero-order chi connectivity index (χ0) is 16.8. The van der Waals surface area contributed by atoms with E-state index in [4.69, 9.17) is 0 Å². The average molecular weight is 326 g/mol. The van der Waals surface area contributed by atoms with Crippen molar-refractivity contribution in [3.8, 4) is 0 Å². The smallest absolute Gasteiger partial charge is 0.315 e. The first-order valence-electron chi connectivity index (χ1n) is 9.95. The number of piperidine rings is 1. The molecule has 4 nitrogen and oxygen atoms in total. The fourth-order valence-corrected chi connectivity index (χ4v) is 3.20. The van der Waals surface area contributed by atoms with Gasteiger partial charge in [0.25, 0.3) is 0 Å². The van der Waals surface area contributed by atoms with Gasteiger partial charge in [-0.3, -0.25) is 0 Å². The van der Waals surface area contributed by atoms with Gasteiger partial charge in [0, 0.05) is 12.6 Å². The molecule has 0 unspecified atom stereocenters. The predicted octanol–water partition coefficient (Wildman–Crippen LogP) is 4.30. The van der Waals surface area contributed by atoms with Crippen LogP contribution in [0.1, 0.15) is 84.0 Å². The first-order valence-corrected chi connectivity index (χ1v) is 9.95. The molecular formula is C19H39N3O. The molecule has 136 valence electrons. The van der Waals surface area contributed by atoms with Crippen LogP contribution in [0.25, 0.3) is 0 Å². The Kier molecular flexibility index (Phi) is 12.0. The molecule has 1 aliphatic heterocycles. The Balaban J connectivity index is 1.82. The minimum absolute atomic E-state index is 0.0236. The van der Waals surface area contributed by atoms with Crippen molar-refractivity contribution in [3.63, 3.8) is 0 Å². The summed E-state index contributed by atoms with van der Waals surface area (Å²) in [5.74, 6) is 0. The van der Waals surface area contributed by atoms with Crippen molar-refractivity contribution in [1.29, 1.82) is 0 Å². The lowest BCUT2D eigenvalue weighted by Gasteiger charge is -2.29. The molecular weight excluding hydrogens is 286 g/mol. The average Bonchev–Trinajstić information content (AvgIpc) is 2.55. The van der Waals surface area contributed by atoms with Crippen molar-refractivity contribution in [2.75, 3.05) is 26.7 Å². The number of likely N-dealkylation sites (tertiary alicyclic amines) is 1. The monoisotopic (exact) mass is 325 g/mol. The van der Waals surface area contributed by atoms with Crippen LogP contribution in [0.15, 0.2) is 0 Å². The fraction of sp³-hybridized carbons (Fsp3) is 0.947. The number of hydrogen-bond donors (Lipinski definition) is 2. The van der Waals surface area contributed by atoms with Gasteiger partial charge in [-0.25, -0.2) is 4.79 Å². The summed E-state index contributed by atoms with van der Waals surface area (Å²) < 4.78 is 0. The van der Waals surface area contributed by atoms with Gasteiger partial charge in [-0.2, -0.15) is 0 Å². The molecule has 23 heavy (non-hydrogen) atoms. The summed E-state index contributed by atoms with van der Waals surface area (Å²) in [5.41, 5.74) is 0. The molecule has 2 amide bonds. The van der Waals surface area contributed by atoms with Gasteiger partial charge in [0.1, 0.15) is 0 Å². The Hall–Kier alpha value is -0.770. The highest BCUT2D eigenvalue weighted by Crippen LogP contribution is 2.10. The van der Waals surface area contributed by atoms with Crippen molar-refractivity contribution >= 4 is 6.03 Å². The minimum Gasteiger partial charge on any atom is -0.338 e. The van der Waals surface area contributed by atoms with Gasteiger partial charge in [0.2, 0.25) is 0 Å². The summed E-state index contributed by atoms with van der Waals surface area (Å²) in [7, 11) is 2.14. The Morgan fingerprint density at radius 3 is 2.00 bits per heavy atom. The number of carbonyl (C=O) groups excluding carboxylic acids is 1. The van der Waals surface area contributed by atoms with Crippen molar-refractivity contribution in [1.82, 2.24) is 15.5 Å². The minimum atomic E-state index is 0.0236. The third-order valence-corrected chi connectivity index (χ3v) is 4.87. The quantitative estimate of drug-likeness (QED) is 0.525. The Morgan fingerprint density at radius 2 is 1.43 bits per heavy atom. The summed E-state index contributed by atoms with van der Waals surface area (Å²) in [6.07, 6.45) is 15.5. The van der Waals surface area contributed by atoms with E-state index in [1.807, 2.05) is 0 Å². The molecule has 0 radical (unpaired) electrons. The molecule has 2 N–H and O–H groups in total. The third kappa shape index (κ3) is 11.4. The molecule has 0 aromatic carbocycles. The van der Waals surface area contributed by atoms with E-state index < -0.39 is 0 Å². The highest BCUT2D eigenvalue weighted by molar-refractivity contribution is 5.74. The molecule has 4 heteroatoms. The molecule has 1 heterocycles. The van der Waals surface area contributed by atoms with Crippen LogP contribution in [0, 0.1) is 0 Å². The maximum Gasteiger partial charge on any atom is 0.315 e. The van der Waals surface area contributed by atoms with Crippen LogP contribution in [0.5, 0.6) is 0 Å². The number of unbranched alkanes of at least 4 members (excludes halogenated alkanes) is 9. The number of hydrogen-bond acceptors (Lipinski definition) is 2. The van der Waals surface area contributed by atoms with E-state index in [9.17, 15) is 4.79 Å². The molecule has 1 aliphatic rings. The molecule has 0 atom stereocenters. The Morgan fingerprint density at radius 1 is 0.913 bits per heavy atom. The van der Waals surface area contributed by atoms with Gasteiger partial charge >= 0.3 is 6.03 Å². The van der Waals surface area contributed by atoms with E-state index in [0.29, 0.717) is 6.04 Å². The maximum atomic E-state index is 11.8. The number of urea groups is 1. The second kappa shape index (κ2) is 13.6. The van der Waals surface area contributed by atoms with Crippen LogP contribution in [-0.4, -0.2) is 43.7 Å². The molecule has 0 saturated carbocycles. The van der Waals surface area contributed by atoms with Crippen LogP contribution in [0.4, 0.5) is 4.79 Å². The van der Waals surface area contributed by atoms with Crippen LogP contribution in [0.2, 0.25) is 0 Å². The molecule has 1 saturated heterocycles. The number of nitrogens with zero attached hydrogens (tertiary/aromatic N) is 1. The standard InChI is InChI=1S/C19H39N3O/c1-3-4-5-6-7-8-9-10-11-12-15-20-19(23)21-18-13-16-22(2)17-14-18/h18H,3-17H2,1-2H3,(H2,20,21,23). The lowest BCUT2D eigenvalue weighted by atomic mass is 10.1. The van der Waals surface area contributed by atoms with Gasteiger partial charge in [0.05, 0.1) is 0 Å². The van der Waals surface area contributed by atoms with Crippen molar-refractivity contribution in [3.05, 3.63) is 0 Å². The van der Waals surface area contributed by atoms with E-state index in [1.165, 1.54) is 57.8 Å².